The number of ether oxygens (including phenoxy) is 1. The molecule has 0 heterocycles. The lowest BCUT2D eigenvalue weighted by Gasteiger charge is -2.09. The number of carbonyl (C=O) groups excluding carboxylic acids is 1. The fraction of sp³-hybridized carbons (Fsp3) is 0.133. The highest BCUT2D eigenvalue weighted by molar-refractivity contribution is 5.67. The van der Waals surface area contributed by atoms with Crippen molar-refractivity contribution in [1.82, 2.24) is 5.32 Å². The van der Waals surface area contributed by atoms with E-state index in [1.807, 2.05) is 6.07 Å². The van der Waals surface area contributed by atoms with Gasteiger partial charge in [-0.1, -0.05) is 30.3 Å². The standard InChI is InChI=1S/C15H13F2NO3/c16-13-6-11(19)7-14(17)12(13)8-18-15(20)21-9-10-4-2-1-3-5-10/h1-7,19H,8-9H2,(H,18,20). The summed E-state index contributed by atoms with van der Waals surface area (Å²) >= 11 is 0. The van der Waals surface area contributed by atoms with Crippen molar-refractivity contribution in [2.75, 3.05) is 0 Å². The molecule has 0 radical (unpaired) electrons. The van der Waals surface area contributed by atoms with Crippen molar-refractivity contribution in [3.05, 3.63) is 65.2 Å². The van der Waals surface area contributed by atoms with E-state index in [-0.39, 0.29) is 18.7 Å². The predicted octanol–water partition coefficient (Wildman–Crippen LogP) is 3.10. The molecule has 2 N–H and O–H groups in total. The zero-order chi connectivity index (χ0) is 15.2. The topological polar surface area (TPSA) is 58.6 Å². The number of alkyl carbamates (subject to hydrolysis) is 1. The van der Waals surface area contributed by atoms with Gasteiger partial charge < -0.3 is 15.2 Å². The molecule has 1 amide bonds. The molecule has 2 aromatic carbocycles. The van der Waals surface area contributed by atoms with Crippen LogP contribution in [0, 0.1) is 11.6 Å². The zero-order valence-corrected chi connectivity index (χ0v) is 11.0. The number of aromatic hydroxyl groups is 1. The lowest BCUT2D eigenvalue weighted by Crippen LogP contribution is -2.24. The third-order valence-electron chi connectivity index (χ3n) is 2.75. The number of phenols is 1. The third-order valence-corrected chi connectivity index (χ3v) is 2.75. The number of benzene rings is 2. The van der Waals surface area contributed by atoms with E-state index in [9.17, 15) is 13.6 Å². The van der Waals surface area contributed by atoms with Gasteiger partial charge in [-0.2, -0.15) is 0 Å². The summed E-state index contributed by atoms with van der Waals surface area (Å²) in [5.41, 5.74) is 0.458. The Bertz CT molecular complexity index is 609. The van der Waals surface area contributed by atoms with E-state index in [2.05, 4.69) is 5.32 Å². The van der Waals surface area contributed by atoms with Crippen LogP contribution in [0.4, 0.5) is 13.6 Å². The highest BCUT2D eigenvalue weighted by Gasteiger charge is 2.12. The van der Waals surface area contributed by atoms with Crippen molar-refractivity contribution in [1.29, 1.82) is 0 Å². The Kier molecular flexibility index (Phi) is 4.71. The van der Waals surface area contributed by atoms with Gasteiger partial charge in [0, 0.05) is 17.7 Å². The summed E-state index contributed by atoms with van der Waals surface area (Å²) in [6.07, 6.45) is -0.786. The molecular formula is C15H13F2NO3. The Morgan fingerprint density at radius 3 is 2.38 bits per heavy atom. The van der Waals surface area contributed by atoms with Crippen molar-refractivity contribution in [3.63, 3.8) is 0 Å². The summed E-state index contributed by atoms with van der Waals surface area (Å²) in [7, 11) is 0. The molecule has 6 heteroatoms. The highest BCUT2D eigenvalue weighted by Crippen LogP contribution is 2.19. The van der Waals surface area contributed by atoms with Crippen LogP contribution in [0.3, 0.4) is 0 Å². The Balaban J connectivity index is 1.87. The van der Waals surface area contributed by atoms with Crippen molar-refractivity contribution < 1.29 is 23.4 Å². The van der Waals surface area contributed by atoms with E-state index in [4.69, 9.17) is 9.84 Å². The largest absolute Gasteiger partial charge is 0.508 e. The highest BCUT2D eigenvalue weighted by atomic mass is 19.1. The van der Waals surface area contributed by atoms with E-state index >= 15 is 0 Å². The number of hydrogen-bond donors (Lipinski definition) is 2. The molecule has 21 heavy (non-hydrogen) atoms. The first-order valence-electron chi connectivity index (χ1n) is 6.17. The zero-order valence-electron chi connectivity index (χ0n) is 11.0. The van der Waals surface area contributed by atoms with Crippen LogP contribution >= 0.6 is 0 Å². The quantitative estimate of drug-likeness (QED) is 0.910. The maximum Gasteiger partial charge on any atom is 0.407 e. The number of carbonyl (C=O) groups is 1. The van der Waals surface area contributed by atoms with Crippen LogP contribution in [0.15, 0.2) is 42.5 Å². The number of hydrogen-bond acceptors (Lipinski definition) is 3. The molecule has 0 saturated heterocycles. The van der Waals surface area contributed by atoms with E-state index in [1.165, 1.54) is 0 Å². The molecule has 110 valence electrons. The molecule has 0 spiro atoms. The van der Waals surface area contributed by atoms with Crippen LogP contribution in [0.5, 0.6) is 5.75 Å². The Morgan fingerprint density at radius 1 is 1.14 bits per heavy atom. The minimum absolute atomic E-state index is 0.0627. The van der Waals surface area contributed by atoms with Crippen molar-refractivity contribution in [3.8, 4) is 5.75 Å². The number of rotatable bonds is 4. The van der Waals surface area contributed by atoms with Crippen molar-refractivity contribution in [2.45, 2.75) is 13.2 Å². The van der Waals surface area contributed by atoms with Gasteiger partial charge in [0.15, 0.2) is 0 Å². The number of phenolic OH excluding ortho intramolecular Hbond substituents is 1. The lowest BCUT2D eigenvalue weighted by atomic mass is 10.2. The van der Waals surface area contributed by atoms with Gasteiger partial charge in [-0.3, -0.25) is 0 Å². The molecule has 0 aliphatic rings. The molecule has 0 bridgehead atoms. The molecule has 0 atom stereocenters. The van der Waals surface area contributed by atoms with Gasteiger partial charge in [0.2, 0.25) is 0 Å². The van der Waals surface area contributed by atoms with Gasteiger partial charge in [0.25, 0.3) is 0 Å². The van der Waals surface area contributed by atoms with Crippen molar-refractivity contribution >= 4 is 6.09 Å². The molecule has 2 aromatic rings. The molecule has 0 aliphatic carbocycles. The van der Waals surface area contributed by atoms with Crippen LogP contribution in [0.2, 0.25) is 0 Å². The molecule has 0 fully saturated rings. The summed E-state index contributed by atoms with van der Waals surface area (Å²) in [6.45, 7) is -0.307. The first-order chi connectivity index (χ1) is 10.1. The average Bonchev–Trinajstić information content (AvgIpc) is 2.45. The van der Waals surface area contributed by atoms with Gasteiger partial charge in [-0.15, -0.1) is 0 Å². The van der Waals surface area contributed by atoms with E-state index in [1.54, 1.807) is 24.3 Å². The molecule has 2 rings (SSSR count). The molecule has 0 aliphatic heterocycles. The van der Waals surface area contributed by atoms with Crippen LogP contribution in [-0.4, -0.2) is 11.2 Å². The van der Waals surface area contributed by atoms with Crippen LogP contribution < -0.4 is 5.32 Å². The van der Waals surface area contributed by atoms with Gasteiger partial charge >= 0.3 is 6.09 Å². The SMILES string of the molecule is O=C(NCc1c(F)cc(O)cc1F)OCc1ccccc1. The summed E-state index contributed by atoms with van der Waals surface area (Å²) in [5.74, 6) is -2.38. The molecule has 0 saturated carbocycles. The molecule has 0 aromatic heterocycles. The average molecular weight is 293 g/mol. The Labute approximate surface area is 120 Å². The Hall–Kier alpha value is -2.63. The molecule has 4 nitrogen and oxygen atoms in total. The normalized spacial score (nSPS) is 10.2. The number of amides is 1. The number of nitrogens with one attached hydrogen (secondary N) is 1. The smallest absolute Gasteiger partial charge is 0.407 e. The maximum atomic E-state index is 13.4. The first-order valence-corrected chi connectivity index (χ1v) is 6.17. The summed E-state index contributed by atoms with van der Waals surface area (Å²) < 4.78 is 31.7. The predicted molar refractivity (Wildman–Crippen MR) is 71.5 cm³/mol. The lowest BCUT2D eigenvalue weighted by molar-refractivity contribution is 0.139. The van der Waals surface area contributed by atoms with E-state index < -0.39 is 23.5 Å². The van der Waals surface area contributed by atoms with Crippen LogP contribution in [-0.2, 0) is 17.9 Å². The second kappa shape index (κ2) is 6.69. The summed E-state index contributed by atoms with van der Waals surface area (Å²) in [4.78, 5) is 11.5. The minimum atomic E-state index is -0.934. The van der Waals surface area contributed by atoms with Gasteiger partial charge in [-0.05, 0) is 5.56 Å². The fourth-order valence-electron chi connectivity index (χ4n) is 1.69. The minimum Gasteiger partial charge on any atom is -0.508 e. The van der Waals surface area contributed by atoms with E-state index in [0.29, 0.717) is 0 Å². The second-order valence-electron chi connectivity index (χ2n) is 4.30. The number of halogens is 2. The first kappa shape index (κ1) is 14.8. The maximum absolute atomic E-state index is 13.4. The summed E-state index contributed by atoms with van der Waals surface area (Å²) in [5, 5.41) is 11.3. The fourth-order valence-corrected chi connectivity index (χ4v) is 1.69. The van der Waals surface area contributed by atoms with Gasteiger partial charge in [0.1, 0.15) is 24.0 Å². The van der Waals surface area contributed by atoms with E-state index in [0.717, 1.165) is 17.7 Å². The van der Waals surface area contributed by atoms with Gasteiger partial charge in [0.05, 0.1) is 6.54 Å². The van der Waals surface area contributed by atoms with Crippen LogP contribution in [0.1, 0.15) is 11.1 Å². The molecular weight excluding hydrogens is 280 g/mol. The third kappa shape index (κ3) is 4.17. The van der Waals surface area contributed by atoms with Crippen molar-refractivity contribution in [2.24, 2.45) is 0 Å². The summed E-state index contributed by atoms with van der Waals surface area (Å²) in [6, 6.07) is 10.6. The molecule has 0 unspecified atom stereocenters. The monoisotopic (exact) mass is 293 g/mol. The second-order valence-corrected chi connectivity index (χ2v) is 4.30. The van der Waals surface area contributed by atoms with Gasteiger partial charge in [-0.25, -0.2) is 13.6 Å². The van der Waals surface area contributed by atoms with Crippen LogP contribution in [0.25, 0.3) is 0 Å². The Morgan fingerprint density at radius 2 is 1.76 bits per heavy atom.